The number of anilines is 2. The van der Waals surface area contributed by atoms with Crippen LogP contribution in [-0.4, -0.2) is 15.4 Å². The van der Waals surface area contributed by atoms with Crippen LogP contribution < -0.4 is 16.4 Å². The molecule has 13 heavy (non-hydrogen) atoms. The molecular formula is C4H4N6O3. The first kappa shape index (κ1) is 7.34. The average molecular weight is 184 g/mol. The molecule has 2 heterocycles. The SMILES string of the molecule is Nc1nnc(-c2c(N)no[n+]2[O-])o1. The molecule has 2 aromatic rings. The van der Waals surface area contributed by atoms with Gasteiger partial charge in [0.1, 0.15) is 0 Å². The highest BCUT2D eigenvalue weighted by molar-refractivity contribution is 5.57. The van der Waals surface area contributed by atoms with Crippen molar-refractivity contribution in [1.82, 2.24) is 15.4 Å². The number of hydrogen-bond donors (Lipinski definition) is 2. The average Bonchev–Trinajstić information content (AvgIpc) is 2.60. The smallest absolute Gasteiger partial charge is 0.318 e. The third-order valence-electron chi connectivity index (χ3n) is 1.28. The Morgan fingerprint density at radius 1 is 1.31 bits per heavy atom. The van der Waals surface area contributed by atoms with Crippen molar-refractivity contribution in [2.45, 2.75) is 0 Å². The van der Waals surface area contributed by atoms with Gasteiger partial charge in [0.25, 0.3) is 5.89 Å². The van der Waals surface area contributed by atoms with Crippen LogP contribution in [0.3, 0.4) is 0 Å². The van der Waals surface area contributed by atoms with Crippen molar-refractivity contribution in [3.63, 3.8) is 0 Å². The van der Waals surface area contributed by atoms with E-state index in [1.54, 1.807) is 0 Å². The minimum absolute atomic E-state index is 0.0578. The van der Waals surface area contributed by atoms with Gasteiger partial charge in [0.15, 0.2) is 0 Å². The fourth-order valence-electron chi connectivity index (χ4n) is 0.777. The topological polar surface area (TPSA) is 144 Å². The minimum atomic E-state index is -0.171. The molecular weight excluding hydrogens is 180 g/mol. The number of rotatable bonds is 1. The van der Waals surface area contributed by atoms with Gasteiger partial charge in [-0.05, 0) is 4.90 Å². The molecule has 0 atom stereocenters. The molecule has 0 aliphatic carbocycles. The lowest BCUT2D eigenvalue weighted by Crippen LogP contribution is -2.25. The Morgan fingerprint density at radius 3 is 2.54 bits per heavy atom. The fourth-order valence-corrected chi connectivity index (χ4v) is 0.777. The van der Waals surface area contributed by atoms with E-state index < -0.39 is 0 Å². The molecule has 0 fully saturated rings. The zero-order valence-electron chi connectivity index (χ0n) is 6.17. The summed E-state index contributed by atoms with van der Waals surface area (Å²) in [6, 6.07) is -0.171. The quantitative estimate of drug-likeness (QED) is 0.510. The predicted molar refractivity (Wildman–Crippen MR) is 37.6 cm³/mol. The number of nitrogen functional groups attached to an aromatic ring is 2. The van der Waals surface area contributed by atoms with Crippen LogP contribution in [0.15, 0.2) is 9.05 Å². The normalized spacial score (nSPS) is 10.5. The number of nitrogens with zero attached hydrogens (tertiary/aromatic N) is 4. The molecule has 0 saturated carbocycles. The van der Waals surface area contributed by atoms with Gasteiger partial charge in [-0.25, -0.2) is 0 Å². The minimum Gasteiger partial charge on any atom is -0.400 e. The van der Waals surface area contributed by atoms with Gasteiger partial charge in [-0.3, -0.25) is 4.63 Å². The van der Waals surface area contributed by atoms with E-state index in [4.69, 9.17) is 15.9 Å². The molecule has 9 nitrogen and oxygen atoms in total. The standard InChI is InChI=1S/C4H4N6O3/c5-2-1(10(11)13-9-2)3-7-8-4(6)12-3/h(H2,5,9)(H2,6,8). The van der Waals surface area contributed by atoms with Gasteiger partial charge >= 0.3 is 17.5 Å². The van der Waals surface area contributed by atoms with Crippen molar-refractivity contribution in [1.29, 1.82) is 0 Å². The van der Waals surface area contributed by atoms with Gasteiger partial charge in [-0.15, -0.1) is 5.10 Å². The maximum Gasteiger partial charge on any atom is 0.318 e. The van der Waals surface area contributed by atoms with Gasteiger partial charge in [0, 0.05) is 0 Å². The predicted octanol–water partition coefficient (Wildman–Crippen LogP) is -1.48. The molecule has 0 saturated heterocycles. The van der Waals surface area contributed by atoms with E-state index in [1.165, 1.54) is 0 Å². The maximum atomic E-state index is 10.9. The highest BCUT2D eigenvalue weighted by atomic mass is 16.8. The number of nitrogens with two attached hydrogens (primary N) is 2. The van der Waals surface area contributed by atoms with Crippen molar-refractivity contribution in [2.24, 2.45) is 0 Å². The van der Waals surface area contributed by atoms with E-state index in [0.717, 1.165) is 0 Å². The Bertz CT molecular complexity index is 413. The molecule has 4 N–H and O–H groups in total. The Morgan fingerprint density at radius 2 is 2.08 bits per heavy atom. The molecule has 0 aliphatic heterocycles. The molecule has 68 valence electrons. The van der Waals surface area contributed by atoms with Gasteiger partial charge in [-0.1, -0.05) is 5.10 Å². The van der Waals surface area contributed by atoms with Crippen LogP contribution in [0.25, 0.3) is 11.6 Å². The highest BCUT2D eigenvalue weighted by Crippen LogP contribution is 2.18. The first-order chi connectivity index (χ1) is 6.18. The maximum absolute atomic E-state index is 10.9. The van der Waals surface area contributed by atoms with E-state index in [2.05, 4.69) is 20.0 Å². The van der Waals surface area contributed by atoms with Crippen molar-refractivity contribution in [3.8, 4) is 11.6 Å². The molecule has 0 aliphatic rings. The summed E-state index contributed by atoms with van der Waals surface area (Å²) in [5.41, 5.74) is 10.3. The molecule has 0 unspecified atom stereocenters. The molecule has 2 aromatic heterocycles. The summed E-state index contributed by atoms with van der Waals surface area (Å²) in [7, 11) is 0. The van der Waals surface area contributed by atoms with Crippen LogP contribution in [0.1, 0.15) is 0 Å². The van der Waals surface area contributed by atoms with Crippen LogP contribution >= 0.6 is 0 Å². The van der Waals surface area contributed by atoms with E-state index in [-0.39, 0.29) is 28.3 Å². The van der Waals surface area contributed by atoms with Gasteiger partial charge < -0.3 is 21.1 Å². The summed E-state index contributed by atoms with van der Waals surface area (Å²) in [5, 5.41) is 20.9. The Kier molecular flexibility index (Phi) is 1.32. The molecule has 2 rings (SSSR count). The van der Waals surface area contributed by atoms with E-state index in [9.17, 15) is 5.21 Å². The second kappa shape index (κ2) is 2.33. The lowest BCUT2D eigenvalue weighted by molar-refractivity contribution is -0.794. The highest BCUT2D eigenvalue weighted by Gasteiger charge is 2.23. The number of aromatic nitrogens is 4. The lowest BCUT2D eigenvalue weighted by atomic mass is 10.4. The van der Waals surface area contributed by atoms with Gasteiger partial charge in [-0.2, -0.15) is 0 Å². The monoisotopic (exact) mass is 184 g/mol. The van der Waals surface area contributed by atoms with Crippen molar-refractivity contribution < 1.29 is 13.9 Å². The number of hydrogen-bond acceptors (Lipinski definition) is 8. The summed E-state index contributed by atoms with van der Waals surface area (Å²) < 4.78 is 8.92. The molecule has 0 amide bonds. The molecule has 0 bridgehead atoms. The van der Waals surface area contributed by atoms with E-state index >= 15 is 0 Å². The van der Waals surface area contributed by atoms with Crippen LogP contribution in [0.5, 0.6) is 0 Å². The fraction of sp³-hybridized carbons (Fsp3) is 0. The summed E-state index contributed by atoms with van der Waals surface area (Å²) >= 11 is 0. The van der Waals surface area contributed by atoms with Crippen molar-refractivity contribution >= 4 is 11.8 Å². The third-order valence-corrected chi connectivity index (χ3v) is 1.28. The summed E-state index contributed by atoms with van der Waals surface area (Å²) in [6.07, 6.45) is 0. The second-order valence-electron chi connectivity index (χ2n) is 2.11. The largest absolute Gasteiger partial charge is 0.400 e. The van der Waals surface area contributed by atoms with Crippen LogP contribution in [-0.2, 0) is 0 Å². The van der Waals surface area contributed by atoms with Crippen molar-refractivity contribution in [2.75, 3.05) is 11.5 Å². The molecule has 0 spiro atoms. The Balaban J connectivity index is 2.57. The Labute approximate surface area is 70.5 Å². The first-order valence-electron chi connectivity index (χ1n) is 3.13. The van der Waals surface area contributed by atoms with Gasteiger partial charge in [0.2, 0.25) is 0 Å². The zero-order valence-corrected chi connectivity index (χ0v) is 6.17. The first-order valence-corrected chi connectivity index (χ1v) is 3.13. The van der Waals surface area contributed by atoms with E-state index in [0.29, 0.717) is 0 Å². The summed E-state index contributed by atoms with van der Waals surface area (Å²) in [6.45, 7) is 0. The molecule has 9 heteroatoms. The van der Waals surface area contributed by atoms with Crippen LogP contribution in [0.4, 0.5) is 11.8 Å². The summed E-state index contributed by atoms with van der Waals surface area (Å²) in [5.74, 6) is -0.273. The molecule has 0 aromatic carbocycles. The summed E-state index contributed by atoms with van der Waals surface area (Å²) in [4.78, 5) is 0.0578. The zero-order chi connectivity index (χ0) is 9.42. The second-order valence-corrected chi connectivity index (χ2v) is 2.11. The van der Waals surface area contributed by atoms with Crippen LogP contribution in [0.2, 0.25) is 0 Å². The van der Waals surface area contributed by atoms with Crippen LogP contribution in [0, 0.1) is 5.21 Å². The van der Waals surface area contributed by atoms with Crippen molar-refractivity contribution in [3.05, 3.63) is 5.21 Å². The Hall–Kier alpha value is -2.32. The van der Waals surface area contributed by atoms with Gasteiger partial charge in [0.05, 0.1) is 5.16 Å². The third kappa shape index (κ3) is 1.02. The lowest BCUT2D eigenvalue weighted by Gasteiger charge is -1.87. The van der Waals surface area contributed by atoms with E-state index in [1.807, 2.05) is 0 Å². The molecule has 0 radical (unpaired) electrons.